The van der Waals surface area contributed by atoms with Gasteiger partial charge in [0, 0.05) is 6.04 Å². The second-order valence-electron chi connectivity index (χ2n) is 3.59. The van der Waals surface area contributed by atoms with Crippen molar-refractivity contribution in [2.75, 3.05) is 0 Å². The van der Waals surface area contributed by atoms with Crippen LogP contribution in [-0.4, -0.2) is 24.2 Å². The zero-order valence-corrected chi connectivity index (χ0v) is 7.05. The van der Waals surface area contributed by atoms with Crippen molar-refractivity contribution in [1.29, 1.82) is 0 Å². The van der Waals surface area contributed by atoms with Gasteiger partial charge in [0.25, 0.3) is 0 Å². The van der Waals surface area contributed by atoms with E-state index in [1.54, 1.807) is 0 Å². The highest BCUT2D eigenvalue weighted by Crippen LogP contribution is 2.28. The smallest absolute Gasteiger partial charge is 0.321 e. The van der Waals surface area contributed by atoms with Crippen molar-refractivity contribution in [3.63, 3.8) is 0 Å². The summed E-state index contributed by atoms with van der Waals surface area (Å²) in [6.45, 7) is 0. The van der Waals surface area contributed by atoms with E-state index in [2.05, 4.69) is 10.6 Å². The molecule has 2 aliphatic rings. The Morgan fingerprint density at radius 2 is 2.08 bits per heavy atom. The average Bonchev–Trinajstić information content (AvgIpc) is 2.06. The quantitative estimate of drug-likeness (QED) is 0.573. The summed E-state index contributed by atoms with van der Waals surface area (Å²) in [5.41, 5.74) is 0. The first kappa shape index (κ1) is 8.47. The van der Waals surface area contributed by atoms with Crippen LogP contribution in [-0.2, 0) is 4.79 Å². The molecule has 0 aromatic carbocycles. The van der Waals surface area contributed by atoms with Crippen LogP contribution in [0.15, 0.2) is 0 Å². The van der Waals surface area contributed by atoms with Crippen molar-refractivity contribution in [2.24, 2.45) is 5.92 Å². The van der Waals surface area contributed by atoms with Gasteiger partial charge in [-0.1, -0.05) is 0 Å². The van der Waals surface area contributed by atoms with Gasteiger partial charge in [-0.05, 0) is 19.3 Å². The standard InChI is InChI=1S/C8H11FN2O2/c9-4-1-2-6-5(3-4)7(12)11-8(13)10-6/h4-6H,1-3H2,(H2,10,11,12,13). The van der Waals surface area contributed by atoms with Crippen LogP contribution in [0.25, 0.3) is 0 Å². The van der Waals surface area contributed by atoms with Crippen molar-refractivity contribution < 1.29 is 14.0 Å². The molecule has 1 aliphatic heterocycles. The van der Waals surface area contributed by atoms with Crippen LogP contribution >= 0.6 is 0 Å². The summed E-state index contributed by atoms with van der Waals surface area (Å²) in [6.07, 6.45) is 0.332. The number of hydrogen-bond donors (Lipinski definition) is 2. The maximum absolute atomic E-state index is 12.9. The van der Waals surface area contributed by atoms with Crippen LogP contribution in [0.3, 0.4) is 0 Å². The lowest BCUT2D eigenvalue weighted by Gasteiger charge is -2.35. The molecule has 5 heteroatoms. The van der Waals surface area contributed by atoms with Gasteiger partial charge in [0.2, 0.25) is 5.91 Å². The molecule has 0 radical (unpaired) electrons. The monoisotopic (exact) mass is 186 g/mol. The molecule has 0 bridgehead atoms. The zero-order chi connectivity index (χ0) is 9.42. The number of urea groups is 1. The molecule has 3 atom stereocenters. The van der Waals surface area contributed by atoms with Crippen LogP contribution < -0.4 is 10.6 Å². The molecular weight excluding hydrogens is 175 g/mol. The summed E-state index contributed by atoms with van der Waals surface area (Å²) < 4.78 is 12.9. The average molecular weight is 186 g/mol. The van der Waals surface area contributed by atoms with E-state index in [9.17, 15) is 14.0 Å². The summed E-state index contributed by atoms with van der Waals surface area (Å²) >= 11 is 0. The van der Waals surface area contributed by atoms with Gasteiger partial charge >= 0.3 is 6.03 Å². The van der Waals surface area contributed by atoms with Crippen LogP contribution in [0.4, 0.5) is 9.18 Å². The fourth-order valence-electron chi connectivity index (χ4n) is 1.99. The Kier molecular flexibility index (Phi) is 1.94. The number of hydrogen-bond acceptors (Lipinski definition) is 2. The van der Waals surface area contributed by atoms with Gasteiger partial charge in [-0.3, -0.25) is 10.1 Å². The van der Waals surface area contributed by atoms with E-state index < -0.39 is 12.2 Å². The zero-order valence-electron chi connectivity index (χ0n) is 7.05. The predicted molar refractivity (Wildman–Crippen MR) is 42.7 cm³/mol. The third-order valence-corrected chi connectivity index (χ3v) is 2.68. The van der Waals surface area contributed by atoms with E-state index in [0.717, 1.165) is 0 Å². The molecule has 4 nitrogen and oxygen atoms in total. The second-order valence-corrected chi connectivity index (χ2v) is 3.59. The third-order valence-electron chi connectivity index (χ3n) is 2.68. The molecule has 2 fully saturated rings. The molecule has 3 unspecified atom stereocenters. The normalized spacial score (nSPS) is 39.0. The topological polar surface area (TPSA) is 58.2 Å². The van der Waals surface area contributed by atoms with Crippen molar-refractivity contribution in [3.8, 4) is 0 Å². The van der Waals surface area contributed by atoms with Crippen LogP contribution in [0, 0.1) is 5.92 Å². The number of carbonyl (C=O) groups is 2. The number of halogens is 1. The molecule has 1 heterocycles. The molecule has 1 saturated carbocycles. The minimum atomic E-state index is -0.901. The van der Waals surface area contributed by atoms with Gasteiger partial charge in [-0.2, -0.15) is 0 Å². The van der Waals surface area contributed by atoms with Crippen LogP contribution in [0.2, 0.25) is 0 Å². The number of imide groups is 1. The van der Waals surface area contributed by atoms with E-state index in [1.165, 1.54) is 0 Å². The van der Waals surface area contributed by atoms with Crippen LogP contribution in [0.5, 0.6) is 0 Å². The maximum Gasteiger partial charge on any atom is 0.321 e. The Bertz CT molecular complexity index is 257. The van der Waals surface area contributed by atoms with E-state index in [-0.39, 0.29) is 24.3 Å². The summed E-state index contributed by atoms with van der Waals surface area (Å²) in [4.78, 5) is 22.1. The second kappa shape index (κ2) is 2.97. The number of alkyl halides is 1. The molecule has 2 rings (SSSR count). The van der Waals surface area contributed by atoms with Crippen molar-refractivity contribution in [1.82, 2.24) is 10.6 Å². The summed E-state index contributed by atoms with van der Waals surface area (Å²) in [5.74, 6) is -0.711. The van der Waals surface area contributed by atoms with E-state index in [4.69, 9.17) is 0 Å². The highest BCUT2D eigenvalue weighted by Gasteiger charge is 2.39. The number of rotatable bonds is 0. The fourth-order valence-corrected chi connectivity index (χ4v) is 1.99. The van der Waals surface area contributed by atoms with Gasteiger partial charge in [-0.25, -0.2) is 9.18 Å². The van der Waals surface area contributed by atoms with E-state index in [1.807, 2.05) is 0 Å². The van der Waals surface area contributed by atoms with E-state index in [0.29, 0.717) is 12.8 Å². The molecular formula is C8H11FN2O2. The highest BCUT2D eigenvalue weighted by atomic mass is 19.1. The Morgan fingerprint density at radius 3 is 2.85 bits per heavy atom. The van der Waals surface area contributed by atoms with Gasteiger partial charge in [0.1, 0.15) is 6.17 Å². The largest absolute Gasteiger partial charge is 0.334 e. The third kappa shape index (κ3) is 1.50. The highest BCUT2D eigenvalue weighted by molar-refractivity contribution is 5.98. The van der Waals surface area contributed by atoms with Crippen molar-refractivity contribution >= 4 is 11.9 Å². The Balaban J connectivity index is 2.11. The predicted octanol–water partition coefficient (Wildman–Crippen LogP) is 0.333. The first-order chi connectivity index (χ1) is 6.16. The van der Waals surface area contributed by atoms with Gasteiger partial charge in [0.15, 0.2) is 0 Å². The van der Waals surface area contributed by atoms with Crippen LogP contribution in [0.1, 0.15) is 19.3 Å². The number of nitrogens with one attached hydrogen (secondary N) is 2. The summed E-state index contributed by atoms with van der Waals surface area (Å²) in [5, 5.41) is 4.78. The van der Waals surface area contributed by atoms with Crippen molar-refractivity contribution in [3.05, 3.63) is 0 Å². The molecule has 2 N–H and O–H groups in total. The lowest BCUT2D eigenvalue weighted by Crippen LogP contribution is -2.59. The van der Waals surface area contributed by atoms with E-state index >= 15 is 0 Å². The lowest BCUT2D eigenvalue weighted by molar-refractivity contribution is -0.127. The van der Waals surface area contributed by atoms with Gasteiger partial charge in [-0.15, -0.1) is 0 Å². The minimum absolute atomic E-state index is 0.159. The lowest BCUT2D eigenvalue weighted by atomic mass is 9.82. The van der Waals surface area contributed by atoms with Crippen molar-refractivity contribution in [2.45, 2.75) is 31.5 Å². The Labute approximate surface area is 74.9 Å². The molecule has 0 aromatic rings. The molecule has 72 valence electrons. The first-order valence-electron chi connectivity index (χ1n) is 4.42. The fraction of sp³-hybridized carbons (Fsp3) is 0.750. The molecule has 1 aliphatic carbocycles. The Morgan fingerprint density at radius 1 is 1.31 bits per heavy atom. The molecule has 3 amide bonds. The number of amides is 3. The Hall–Kier alpha value is -1.13. The minimum Gasteiger partial charge on any atom is -0.334 e. The maximum atomic E-state index is 12.9. The summed E-state index contributed by atoms with van der Waals surface area (Å²) in [7, 11) is 0. The molecule has 0 aromatic heterocycles. The molecule has 1 saturated heterocycles. The molecule has 13 heavy (non-hydrogen) atoms. The SMILES string of the molecule is O=C1NC(=O)C2CC(F)CCC2N1. The first-order valence-corrected chi connectivity index (χ1v) is 4.42. The number of carbonyl (C=O) groups excluding carboxylic acids is 2. The summed E-state index contributed by atoms with van der Waals surface area (Å²) in [6, 6.07) is -0.614. The molecule has 0 spiro atoms. The van der Waals surface area contributed by atoms with Gasteiger partial charge < -0.3 is 5.32 Å². The number of fused-ring (bicyclic) bond motifs is 1. The van der Waals surface area contributed by atoms with Gasteiger partial charge in [0.05, 0.1) is 5.92 Å².